The van der Waals surface area contributed by atoms with Crippen molar-refractivity contribution in [2.24, 2.45) is 4.99 Å². The molecule has 1 aromatic carbocycles. The number of rotatable bonds is 7. The number of nitrogens with one attached hydrogen (secondary N) is 2. The largest absolute Gasteiger partial charge is 0.453 e. The molecule has 1 aliphatic heterocycles. The van der Waals surface area contributed by atoms with Gasteiger partial charge in [0, 0.05) is 38.3 Å². The number of likely N-dealkylation sites (tertiary alicyclic amines) is 1. The molecule has 1 fully saturated rings. The number of hydrogen-bond acceptors (Lipinski definition) is 4. The number of guanidine groups is 1. The SMILES string of the molecule is CCNC(=NCc1ccc(Oc2cccnc2)c(F)c1)NC1CCN(C(=O)CC)C1.I. The average molecular weight is 541 g/mol. The summed E-state index contributed by atoms with van der Waals surface area (Å²) in [6.07, 6.45) is 4.56. The lowest BCUT2D eigenvalue weighted by molar-refractivity contribution is -0.129. The summed E-state index contributed by atoms with van der Waals surface area (Å²) in [5.74, 6) is 1.00. The molecule has 31 heavy (non-hydrogen) atoms. The minimum atomic E-state index is -0.450. The lowest BCUT2D eigenvalue weighted by atomic mass is 10.2. The third-order valence-electron chi connectivity index (χ3n) is 4.81. The van der Waals surface area contributed by atoms with Gasteiger partial charge in [0.2, 0.25) is 5.91 Å². The van der Waals surface area contributed by atoms with E-state index >= 15 is 0 Å². The second-order valence-corrected chi connectivity index (χ2v) is 7.07. The number of hydrogen-bond donors (Lipinski definition) is 2. The molecule has 0 radical (unpaired) electrons. The van der Waals surface area contributed by atoms with Gasteiger partial charge in [-0.05, 0) is 43.2 Å². The van der Waals surface area contributed by atoms with Crippen molar-refractivity contribution in [2.75, 3.05) is 19.6 Å². The van der Waals surface area contributed by atoms with Crippen LogP contribution < -0.4 is 15.4 Å². The molecule has 1 aliphatic rings. The van der Waals surface area contributed by atoms with Crippen molar-refractivity contribution in [3.63, 3.8) is 0 Å². The minimum absolute atomic E-state index is 0. The van der Waals surface area contributed by atoms with E-state index in [1.165, 1.54) is 12.3 Å². The van der Waals surface area contributed by atoms with Crippen LogP contribution in [-0.4, -0.2) is 47.4 Å². The van der Waals surface area contributed by atoms with Crippen LogP contribution in [0, 0.1) is 5.82 Å². The Bertz CT molecular complexity index is 881. The maximum atomic E-state index is 14.4. The monoisotopic (exact) mass is 541 g/mol. The number of ether oxygens (including phenoxy) is 1. The van der Waals surface area contributed by atoms with Gasteiger partial charge in [0.05, 0.1) is 12.7 Å². The molecule has 168 valence electrons. The molecule has 9 heteroatoms. The standard InChI is InChI=1S/C22H28FN5O2.HI/c1-3-21(29)28-11-9-17(15-28)27-22(25-4-2)26-13-16-7-8-20(19(23)12-16)30-18-6-5-10-24-14-18;/h5-8,10,12,14,17H,3-4,9,11,13,15H2,1-2H3,(H2,25,26,27);1H. The Morgan fingerprint density at radius 3 is 2.87 bits per heavy atom. The highest BCUT2D eigenvalue weighted by molar-refractivity contribution is 14.0. The fourth-order valence-corrected chi connectivity index (χ4v) is 3.27. The maximum absolute atomic E-state index is 14.4. The van der Waals surface area contributed by atoms with Gasteiger partial charge in [-0.3, -0.25) is 9.78 Å². The third-order valence-corrected chi connectivity index (χ3v) is 4.81. The van der Waals surface area contributed by atoms with E-state index in [2.05, 4.69) is 20.6 Å². The molecule has 0 spiro atoms. The van der Waals surface area contributed by atoms with E-state index in [0.29, 0.717) is 37.8 Å². The first kappa shape index (κ1) is 24.8. The first-order valence-electron chi connectivity index (χ1n) is 10.3. The van der Waals surface area contributed by atoms with Crippen molar-refractivity contribution >= 4 is 35.8 Å². The van der Waals surface area contributed by atoms with Gasteiger partial charge >= 0.3 is 0 Å². The van der Waals surface area contributed by atoms with Gasteiger partial charge in [-0.25, -0.2) is 9.38 Å². The zero-order valence-corrected chi connectivity index (χ0v) is 20.1. The van der Waals surface area contributed by atoms with Crippen LogP contribution in [0.2, 0.25) is 0 Å². The second kappa shape index (κ2) is 12.4. The molecule has 3 rings (SSSR count). The third kappa shape index (κ3) is 7.34. The number of halogens is 2. The van der Waals surface area contributed by atoms with Gasteiger partial charge in [0.15, 0.2) is 17.5 Å². The van der Waals surface area contributed by atoms with Crippen LogP contribution >= 0.6 is 24.0 Å². The smallest absolute Gasteiger partial charge is 0.222 e. The van der Waals surface area contributed by atoms with Gasteiger partial charge in [-0.15, -0.1) is 24.0 Å². The van der Waals surface area contributed by atoms with E-state index in [9.17, 15) is 9.18 Å². The molecule has 2 aromatic rings. The topological polar surface area (TPSA) is 78.9 Å². The lowest BCUT2D eigenvalue weighted by Gasteiger charge is -2.18. The van der Waals surface area contributed by atoms with Crippen molar-refractivity contribution in [2.45, 2.75) is 39.3 Å². The average Bonchev–Trinajstić information content (AvgIpc) is 3.22. The van der Waals surface area contributed by atoms with E-state index in [4.69, 9.17) is 4.74 Å². The van der Waals surface area contributed by atoms with Gasteiger partial charge in [-0.1, -0.05) is 13.0 Å². The van der Waals surface area contributed by atoms with Crippen molar-refractivity contribution in [1.29, 1.82) is 0 Å². The quantitative estimate of drug-likeness (QED) is 0.318. The van der Waals surface area contributed by atoms with Gasteiger partial charge < -0.3 is 20.3 Å². The highest BCUT2D eigenvalue weighted by Crippen LogP contribution is 2.24. The highest BCUT2D eigenvalue weighted by Gasteiger charge is 2.25. The number of amides is 1. The van der Waals surface area contributed by atoms with Gasteiger partial charge in [0.25, 0.3) is 0 Å². The van der Waals surface area contributed by atoms with Crippen LogP contribution in [-0.2, 0) is 11.3 Å². The highest BCUT2D eigenvalue weighted by atomic mass is 127. The molecule has 7 nitrogen and oxygen atoms in total. The number of nitrogens with zero attached hydrogens (tertiary/aromatic N) is 3. The molecule has 1 unspecified atom stereocenters. The number of aliphatic imine (C=N–C) groups is 1. The molecule has 1 atom stereocenters. The Kier molecular flexibility index (Phi) is 9.96. The molecule has 0 aliphatic carbocycles. The fourth-order valence-electron chi connectivity index (χ4n) is 3.27. The predicted octanol–water partition coefficient (Wildman–Crippen LogP) is 3.70. The molecule has 1 amide bonds. The Labute approximate surface area is 199 Å². The summed E-state index contributed by atoms with van der Waals surface area (Å²) in [6, 6.07) is 8.42. The van der Waals surface area contributed by atoms with Crippen LogP contribution in [0.4, 0.5) is 4.39 Å². The Morgan fingerprint density at radius 1 is 1.35 bits per heavy atom. The molecule has 1 saturated heterocycles. The van der Waals surface area contributed by atoms with Crippen molar-refractivity contribution in [3.05, 3.63) is 54.1 Å². The van der Waals surface area contributed by atoms with E-state index in [-0.39, 0.29) is 41.7 Å². The van der Waals surface area contributed by atoms with E-state index in [1.807, 2.05) is 18.7 Å². The first-order chi connectivity index (χ1) is 14.6. The predicted molar refractivity (Wildman–Crippen MR) is 129 cm³/mol. The molecule has 0 bridgehead atoms. The Morgan fingerprint density at radius 2 is 2.19 bits per heavy atom. The zero-order chi connectivity index (χ0) is 21.3. The van der Waals surface area contributed by atoms with Gasteiger partial charge in [0.1, 0.15) is 5.75 Å². The lowest BCUT2D eigenvalue weighted by Crippen LogP contribution is -2.45. The van der Waals surface area contributed by atoms with Crippen LogP contribution in [0.5, 0.6) is 11.5 Å². The number of pyridine rings is 1. The second-order valence-electron chi connectivity index (χ2n) is 7.07. The summed E-state index contributed by atoms with van der Waals surface area (Å²) in [4.78, 5) is 22.3. The van der Waals surface area contributed by atoms with Crippen LogP contribution in [0.1, 0.15) is 32.3 Å². The molecule has 0 saturated carbocycles. The Balaban J connectivity index is 0.00000341. The molecule has 2 N–H and O–H groups in total. The summed E-state index contributed by atoms with van der Waals surface area (Å²) in [5.41, 5.74) is 0.734. The minimum Gasteiger partial charge on any atom is -0.453 e. The van der Waals surface area contributed by atoms with E-state index in [1.54, 1.807) is 30.5 Å². The number of benzene rings is 1. The molecule has 2 heterocycles. The molecular formula is C22H29FIN5O2. The number of aromatic nitrogens is 1. The van der Waals surface area contributed by atoms with E-state index in [0.717, 1.165) is 18.5 Å². The summed E-state index contributed by atoms with van der Waals surface area (Å²) in [6.45, 7) is 6.33. The van der Waals surface area contributed by atoms with Gasteiger partial charge in [-0.2, -0.15) is 0 Å². The summed E-state index contributed by atoms with van der Waals surface area (Å²) in [5, 5.41) is 6.58. The van der Waals surface area contributed by atoms with Crippen molar-refractivity contribution < 1.29 is 13.9 Å². The summed E-state index contributed by atoms with van der Waals surface area (Å²) >= 11 is 0. The van der Waals surface area contributed by atoms with Crippen molar-refractivity contribution in [3.8, 4) is 11.5 Å². The number of carbonyl (C=O) groups is 1. The Hall–Kier alpha value is -2.43. The molecule has 1 aromatic heterocycles. The summed E-state index contributed by atoms with van der Waals surface area (Å²) < 4.78 is 20.0. The number of carbonyl (C=O) groups excluding carboxylic acids is 1. The van der Waals surface area contributed by atoms with Crippen LogP contribution in [0.3, 0.4) is 0 Å². The zero-order valence-electron chi connectivity index (χ0n) is 17.8. The maximum Gasteiger partial charge on any atom is 0.222 e. The van der Waals surface area contributed by atoms with Crippen LogP contribution in [0.25, 0.3) is 0 Å². The first-order valence-corrected chi connectivity index (χ1v) is 10.3. The normalized spacial score (nSPS) is 15.9. The summed E-state index contributed by atoms with van der Waals surface area (Å²) in [7, 11) is 0. The molecular weight excluding hydrogens is 512 g/mol. The van der Waals surface area contributed by atoms with Crippen LogP contribution in [0.15, 0.2) is 47.7 Å². The van der Waals surface area contributed by atoms with Crippen molar-refractivity contribution in [1.82, 2.24) is 20.5 Å². The fraction of sp³-hybridized carbons (Fsp3) is 0.409. The van der Waals surface area contributed by atoms with E-state index < -0.39 is 5.82 Å².